The molecule has 0 radical (unpaired) electrons. The molecule has 0 saturated carbocycles. The summed E-state index contributed by atoms with van der Waals surface area (Å²) in [5.74, 6) is 0. The molecule has 0 amide bonds. The minimum atomic E-state index is 0.256. The number of allylic oxidation sites excluding steroid dienone is 2. The Balaban J connectivity index is 2.51. The van der Waals surface area contributed by atoms with Crippen molar-refractivity contribution in [3.05, 3.63) is 11.6 Å². The largest absolute Gasteiger partial charge is 0.303 e. The van der Waals surface area contributed by atoms with E-state index in [1.165, 1.54) is 5.57 Å². The van der Waals surface area contributed by atoms with Crippen LogP contribution in [0, 0.1) is 5.41 Å². The van der Waals surface area contributed by atoms with Crippen molar-refractivity contribution in [3.8, 4) is 0 Å². The third-order valence-corrected chi connectivity index (χ3v) is 2.23. The van der Waals surface area contributed by atoms with Gasteiger partial charge in [-0.15, -0.1) is 0 Å². The van der Waals surface area contributed by atoms with Crippen LogP contribution >= 0.6 is 0 Å². The summed E-state index contributed by atoms with van der Waals surface area (Å²) in [6, 6.07) is 0. The first-order chi connectivity index (χ1) is 4.66. The zero-order valence-electron chi connectivity index (χ0n) is 6.68. The molecule has 0 saturated heterocycles. The van der Waals surface area contributed by atoms with Crippen LogP contribution < -0.4 is 0 Å². The molecule has 1 nitrogen and oxygen atoms in total. The fourth-order valence-electron chi connectivity index (χ4n) is 1.59. The van der Waals surface area contributed by atoms with Gasteiger partial charge in [0.25, 0.3) is 0 Å². The van der Waals surface area contributed by atoms with Crippen molar-refractivity contribution >= 4 is 6.29 Å². The highest BCUT2D eigenvalue weighted by Crippen LogP contribution is 2.38. The van der Waals surface area contributed by atoms with Crippen molar-refractivity contribution in [1.29, 1.82) is 0 Å². The van der Waals surface area contributed by atoms with Crippen LogP contribution in [0.5, 0.6) is 0 Å². The van der Waals surface area contributed by atoms with Gasteiger partial charge in [-0.05, 0) is 25.2 Å². The Bertz CT molecular complexity index is 170. The Morgan fingerprint density at radius 3 is 2.90 bits per heavy atom. The van der Waals surface area contributed by atoms with Crippen LogP contribution in [0.3, 0.4) is 0 Å². The molecule has 0 heterocycles. The monoisotopic (exact) mass is 138 g/mol. The Morgan fingerprint density at radius 2 is 2.50 bits per heavy atom. The van der Waals surface area contributed by atoms with Crippen LogP contribution in [0.4, 0.5) is 0 Å². The zero-order chi connectivity index (χ0) is 7.61. The van der Waals surface area contributed by atoms with Crippen molar-refractivity contribution in [2.45, 2.75) is 33.1 Å². The number of aldehydes is 1. The quantitative estimate of drug-likeness (QED) is 0.423. The van der Waals surface area contributed by atoms with E-state index in [0.717, 1.165) is 19.1 Å². The predicted molar refractivity (Wildman–Crippen MR) is 41.8 cm³/mol. The van der Waals surface area contributed by atoms with Crippen LogP contribution in [0.25, 0.3) is 0 Å². The zero-order valence-corrected chi connectivity index (χ0v) is 6.68. The molecule has 10 heavy (non-hydrogen) atoms. The first kappa shape index (κ1) is 7.52. The molecular weight excluding hydrogens is 124 g/mol. The van der Waals surface area contributed by atoms with Crippen LogP contribution in [0.2, 0.25) is 0 Å². The minimum absolute atomic E-state index is 0.256. The molecule has 0 aromatic heterocycles. The third-order valence-electron chi connectivity index (χ3n) is 2.23. The van der Waals surface area contributed by atoms with Crippen molar-refractivity contribution in [2.75, 3.05) is 0 Å². The van der Waals surface area contributed by atoms with E-state index in [9.17, 15) is 4.79 Å². The molecule has 0 bridgehead atoms. The van der Waals surface area contributed by atoms with Crippen LogP contribution in [0.15, 0.2) is 11.6 Å². The molecular formula is C9H14O. The van der Waals surface area contributed by atoms with Gasteiger partial charge >= 0.3 is 0 Å². The van der Waals surface area contributed by atoms with Gasteiger partial charge in [-0.25, -0.2) is 0 Å². The average Bonchev–Trinajstić information content (AvgIpc) is 2.12. The summed E-state index contributed by atoms with van der Waals surface area (Å²) >= 11 is 0. The summed E-state index contributed by atoms with van der Waals surface area (Å²) in [5, 5.41) is 0. The lowest BCUT2D eigenvalue weighted by atomic mass is 9.84. The normalized spacial score (nSPS) is 32.0. The highest BCUT2D eigenvalue weighted by molar-refractivity contribution is 5.51. The molecule has 1 atom stereocenters. The Morgan fingerprint density at radius 1 is 1.80 bits per heavy atom. The van der Waals surface area contributed by atoms with Gasteiger partial charge in [0.1, 0.15) is 6.29 Å². The van der Waals surface area contributed by atoms with Gasteiger partial charge in [0.2, 0.25) is 0 Å². The topological polar surface area (TPSA) is 17.1 Å². The lowest BCUT2D eigenvalue weighted by Gasteiger charge is -2.20. The van der Waals surface area contributed by atoms with Crippen molar-refractivity contribution in [2.24, 2.45) is 5.41 Å². The van der Waals surface area contributed by atoms with Gasteiger partial charge in [0.15, 0.2) is 0 Å². The molecule has 1 heteroatoms. The van der Waals surface area contributed by atoms with Crippen molar-refractivity contribution in [1.82, 2.24) is 0 Å². The lowest BCUT2D eigenvalue weighted by molar-refractivity contribution is -0.109. The van der Waals surface area contributed by atoms with Gasteiger partial charge in [-0.1, -0.05) is 18.6 Å². The molecule has 0 fully saturated rings. The standard InChI is InChI=1S/C9H14O/c1-8-3-4-9(2,7-8)5-6-10/h3,6H,4-5,7H2,1-2H3. The molecule has 1 aliphatic rings. The Labute approximate surface area is 62.1 Å². The molecule has 0 aromatic carbocycles. The maximum Gasteiger partial charge on any atom is 0.120 e. The summed E-state index contributed by atoms with van der Waals surface area (Å²) in [6.45, 7) is 4.31. The highest BCUT2D eigenvalue weighted by atomic mass is 16.1. The first-order valence-corrected chi connectivity index (χ1v) is 3.76. The van der Waals surface area contributed by atoms with E-state index >= 15 is 0 Å². The number of hydrogen-bond donors (Lipinski definition) is 0. The number of carbonyl (C=O) groups excluding carboxylic acids is 1. The molecule has 1 unspecified atom stereocenters. The second-order valence-corrected chi connectivity index (χ2v) is 3.61. The number of hydrogen-bond acceptors (Lipinski definition) is 1. The van der Waals surface area contributed by atoms with Gasteiger partial charge in [0, 0.05) is 6.42 Å². The van der Waals surface area contributed by atoms with Gasteiger partial charge in [0.05, 0.1) is 0 Å². The van der Waals surface area contributed by atoms with E-state index in [0.29, 0.717) is 6.42 Å². The fourth-order valence-corrected chi connectivity index (χ4v) is 1.59. The van der Waals surface area contributed by atoms with Crippen molar-refractivity contribution in [3.63, 3.8) is 0 Å². The molecule has 56 valence electrons. The molecule has 0 spiro atoms. The van der Waals surface area contributed by atoms with Gasteiger partial charge < -0.3 is 4.79 Å². The minimum Gasteiger partial charge on any atom is -0.303 e. The molecule has 0 aliphatic heterocycles. The summed E-state index contributed by atoms with van der Waals surface area (Å²) in [7, 11) is 0. The number of carbonyl (C=O) groups is 1. The average molecular weight is 138 g/mol. The van der Waals surface area contributed by atoms with Gasteiger partial charge in [-0.3, -0.25) is 0 Å². The Kier molecular flexibility index (Phi) is 1.93. The van der Waals surface area contributed by atoms with Crippen molar-refractivity contribution < 1.29 is 4.79 Å². The van der Waals surface area contributed by atoms with E-state index in [4.69, 9.17) is 0 Å². The van der Waals surface area contributed by atoms with Crippen LogP contribution in [-0.2, 0) is 4.79 Å². The Hall–Kier alpha value is -0.590. The smallest absolute Gasteiger partial charge is 0.120 e. The second-order valence-electron chi connectivity index (χ2n) is 3.61. The van der Waals surface area contributed by atoms with E-state index in [1.54, 1.807) is 0 Å². The molecule has 0 aromatic rings. The maximum atomic E-state index is 10.2. The van der Waals surface area contributed by atoms with Crippen LogP contribution in [0.1, 0.15) is 33.1 Å². The van der Waals surface area contributed by atoms with Crippen LogP contribution in [-0.4, -0.2) is 6.29 Å². The maximum absolute atomic E-state index is 10.2. The van der Waals surface area contributed by atoms with E-state index < -0.39 is 0 Å². The summed E-state index contributed by atoms with van der Waals surface area (Å²) in [5.41, 5.74) is 1.69. The molecule has 0 N–H and O–H groups in total. The predicted octanol–water partition coefficient (Wildman–Crippen LogP) is 2.32. The van der Waals surface area contributed by atoms with Gasteiger partial charge in [-0.2, -0.15) is 0 Å². The fraction of sp³-hybridized carbons (Fsp3) is 0.667. The second kappa shape index (κ2) is 2.57. The first-order valence-electron chi connectivity index (χ1n) is 3.76. The van der Waals surface area contributed by atoms with E-state index in [-0.39, 0.29) is 5.41 Å². The summed E-state index contributed by atoms with van der Waals surface area (Å²) in [6.07, 6.45) is 6.17. The summed E-state index contributed by atoms with van der Waals surface area (Å²) in [4.78, 5) is 10.2. The lowest BCUT2D eigenvalue weighted by Crippen LogP contribution is -2.11. The van der Waals surface area contributed by atoms with E-state index in [2.05, 4.69) is 19.9 Å². The molecule has 1 aliphatic carbocycles. The number of rotatable bonds is 2. The SMILES string of the molecule is CC1=CCC(C)(CC=O)C1. The summed E-state index contributed by atoms with van der Waals surface area (Å²) < 4.78 is 0. The van der Waals surface area contributed by atoms with E-state index in [1.807, 2.05) is 0 Å². The molecule has 1 rings (SSSR count). The highest BCUT2D eigenvalue weighted by Gasteiger charge is 2.27. The third kappa shape index (κ3) is 1.47.